The third-order valence-corrected chi connectivity index (χ3v) is 2.40. The molecule has 0 spiro atoms. The summed E-state index contributed by atoms with van der Waals surface area (Å²) in [5, 5.41) is 39.6. The van der Waals surface area contributed by atoms with Crippen molar-refractivity contribution >= 4 is 0 Å². The van der Waals surface area contributed by atoms with E-state index in [1.165, 1.54) is 0 Å². The summed E-state index contributed by atoms with van der Waals surface area (Å²) >= 11 is 0. The van der Waals surface area contributed by atoms with Crippen LogP contribution in [0.4, 0.5) is 0 Å². The van der Waals surface area contributed by atoms with Gasteiger partial charge in [0.25, 0.3) is 0 Å². The van der Waals surface area contributed by atoms with Gasteiger partial charge in [-0.3, -0.25) is 0 Å². The molecule has 0 aromatic heterocycles. The number of hydrogen-bond donors (Lipinski definition) is 6. The molecule has 1 fully saturated rings. The molecule has 0 aromatic carbocycles. The van der Waals surface area contributed by atoms with Gasteiger partial charge in [0, 0.05) is 13.1 Å². The van der Waals surface area contributed by atoms with Crippen LogP contribution in [0, 0.1) is 0 Å². The molecular formula is C8H18N2O5. The van der Waals surface area contributed by atoms with Crippen molar-refractivity contribution in [3.05, 3.63) is 0 Å². The maximum Gasteiger partial charge on any atom is 0.172 e. The number of aliphatic hydroxyl groups is 4. The van der Waals surface area contributed by atoms with Gasteiger partial charge in [-0.15, -0.1) is 0 Å². The molecular weight excluding hydrogens is 204 g/mol. The van der Waals surface area contributed by atoms with E-state index in [0.717, 1.165) is 0 Å². The number of nitrogens with two attached hydrogens (primary N) is 1. The molecule has 7 nitrogen and oxygen atoms in total. The number of rotatable bonds is 4. The fourth-order valence-corrected chi connectivity index (χ4v) is 1.46. The van der Waals surface area contributed by atoms with E-state index in [1.54, 1.807) is 0 Å². The average molecular weight is 222 g/mol. The van der Waals surface area contributed by atoms with Crippen LogP contribution in [-0.2, 0) is 4.74 Å². The SMILES string of the molecule is N[C@@H]1[C@@H](O)[C@H](O)[C@@H](CNCCO)O[C@@H]1O. The first-order valence-electron chi connectivity index (χ1n) is 4.84. The maximum atomic E-state index is 9.56. The summed E-state index contributed by atoms with van der Waals surface area (Å²) in [6, 6.07) is -1.01. The van der Waals surface area contributed by atoms with Crippen LogP contribution in [0.15, 0.2) is 0 Å². The normalized spacial score (nSPS) is 41.8. The highest BCUT2D eigenvalue weighted by Crippen LogP contribution is 2.17. The van der Waals surface area contributed by atoms with Gasteiger partial charge in [-0.25, -0.2) is 0 Å². The van der Waals surface area contributed by atoms with Crippen molar-refractivity contribution in [2.24, 2.45) is 5.73 Å². The largest absolute Gasteiger partial charge is 0.395 e. The Hall–Kier alpha value is -0.280. The van der Waals surface area contributed by atoms with Gasteiger partial charge in [0.2, 0.25) is 0 Å². The second kappa shape index (κ2) is 5.71. The minimum atomic E-state index is -1.29. The van der Waals surface area contributed by atoms with Crippen molar-refractivity contribution < 1.29 is 25.2 Å². The topological polar surface area (TPSA) is 128 Å². The molecule has 0 bridgehead atoms. The van der Waals surface area contributed by atoms with Gasteiger partial charge in [-0.2, -0.15) is 0 Å². The summed E-state index contributed by atoms with van der Waals surface area (Å²) in [7, 11) is 0. The summed E-state index contributed by atoms with van der Waals surface area (Å²) in [5.74, 6) is 0. The first-order chi connectivity index (χ1) is 7.07. The Bertz CT molecular complexity index is 194. The lowest BCUT2D eigenvalue weighted by Gasteiger charge is -2.39. The van der Waals surface area contributed by atoms with Gasteiger partial charge in [0.1, 0.15) is 18.3 Å². The van der Waals surface area contributed by atoms with E-state index >= 15 is 0 Å². The zero-order chi connectivity index (χ0) is 11.4. The zero-order valence-electron chi connectivity index (χ0n) is 8.28. The average Bonchev–Trinajstić information content (AvgIpc) is 2.23. The van der Waals surface area contributed by atoms with Gasteiger partial charge in [-0.1, -0.05) is 0 Å². The second-order valence-corrected chi connectivity index (χ2v) is 3.55. The molecule has 1 heterocycles. The van der Waals surface area contributed by atoms with Crippen LogP contribution >= 0.6 is 0 Å². The summed E-state index contributed by atoms with van der Waals surface area (Å²) in [5.41, 5.74) is 5.38. The molecule has 15 heavy (non-hydrogen) atoms. The van der Waals surface area contributed by atoms with Crippen molar-refractivity contribution in [2.75, 3.05) is 19.7 Å². The molecule has 7 heteroatoms. The fourth-order valence-electron chi connectivity index (χ4n) is 1.46. The summed E-state index contributed by atoms with van der Waals surface area (Å²) in [6.07, 6.45) is -4.38. The molecule has 0 radical (unpaired) electrons. The molecule has 0 amide bonds. The quantitative estimate of drug-likeness (QED) is 0.270. The Labute approximate surface area is 87.5 Å². The fraction of sp³-hybridized carbons (Fsp3) is 1.00. The Morgan fingerprint density at radius 2 is 1.87 bits per heavy atom. The van der Waals surface area contributed by atoms with Gasteiger partial charge in [0.15, 0.2) is 6.29 Å². The molecule has 0 aliphatic carbocycles. The molecule has 7 N–H and O–H groups in total. The van der Waals surface area contributed by atoms with Gasteiger partial charge >= 0.3 is 0 Å². The number of nitrogens with one attached hydrogen (secondary N) is 1. The van der Waals surface area contributed by atoms with Crippen molar-refractivity contribution in [1.29, 1.82) is 0 Å². The lowest BCUT2D eigenvalue weighted by molar-refractivity contribution is -0.240. The van der Waals surface area contributed by atoms with Crippen LogP contribution in [-0.4, -0.2) is 70.8 Å². The van der Waals surface area contributed by atoms with Crippen molar-refractivity contribution in [3.8, 4) is 0 Å². The molecule has 0 unspecified atom stereocenters. The van der Waals surface area contributed by atoms with E-state index in [4.69, 9.17) is 15.6 Å². The number of aliphatic hydroxyl groups excluding tert-OH is 4. The minimum Gasteiger partial charge on any atom is -0.395 e. The summed E-state index contributed by atoms with van der Waals surface area (Å²) < 4.78 is 5.00. The molecule has 0 aromatic rings. The van der Waals surface area contributed by atoms with Crippen molar-refractivity contribution in [3.63, 3.8) is 0 Å². The lowest BCUT2D eigenvalue weighted by atomic mass is 9.97. The lowest BCUT2D eigenvalue weighted by Crippen LogP contribution is -2.62. The molecule has 90 valence electrons. The maximum absolute atomic E-state index is 9.56. The van der Waals surface area contributed by atoms with Crippen LogP contribution < -0.4 is 11.1 Å². The Kier molecular flexibility index (Phi) is 4.87. The predicted octanol–water partition coefficient (Wildman–Crippen LogP) is -3.67. The molecule has 5 atom stereocenters. The van der Waals surface area contributed by atoms with Crippen LogP contribution in [0.3, 0.4) is 0 Å². The number of ether oxygens (including phenoxy) is 1. The highest BCUT2D eigenvalue weighted by Gasteiger charge is 2.41. The standard InChI is InChI=1S/C8H18N2O5/c9-5-7(13)6(12)4(15-8(5)14)3-10-1-2-11/h4-8,10-14H,1-3,9H2/t4-,5-,6-,7-,8+/m1/s1. The van der Waals surface area contributed by atoms with Crippen LogP contribution in [0.5, 0.6) is 0 Å². The van der Waals surface area contributed by atoms with Gasteiger partial charge in [0.05, 0.1) is 12.6 Å². The van der Waals surface area contributed by atoms with Gasteiger partial charge in [-0.05, 0) is 0 Å². The van der Waals surface area contributed by atoms with E-state index in [9.17, 15) is 15.3 Å². The smallest absolute Gasteiger partial charge is 0.172 e. The second-order valence-electron chi connectivity index (χ2n) is 3.55. The summed E-state index contributed by atoms with van der Waals surface area (Å²) in [6.45, 7) is 0.542. The van der Waals surface area contributed by atoms with Crippen LogP contribution in [0.25, 0.3) is 0 Å². The zero-order valence-corrected chi connectivity index (χ0v) is 8.28. The van der Waals surface area contributed by atoms with E-state index in [1.807, 2.05) is 0 Å². The Balaban J connectivity index is 2.43. The Morgan fingerprint density at radius 1 is 1.20 bits per heavy atom. The highest BCUT2D eigenvalue weighted by molar-refractivity contribution is 4.91. The molecule has 1 aliphatic heterocycles. The van der Waals surface area contributed by atoms with Crippen molar-refractivity contribution in [2.45, 2.75) is 30.6 Å². The van der Waals surface area contributed by atoms with Gasteiger partial charge < -0.3 is 36.2 Å². The third kappa shape index (κ3) is 3.08. The first-order valence-corrected chi connectivity index (χ1v) is 4.84. The van der Waals surface area contributed by atoms with Crippen LogP contribution in [0.2, 0.25) is 0 Å². The van der Waals surface area contributed by atoms with Crippen molar-refractivity contribution in [1.82, 2.24) is 5.32 Å². The molecule has 1 saturated heterocycles. The first kappa shape index (κ1) is 12.8. The Morgan fingerprint density at radius 3 is 2.47 bits per heavy atom. The van der Waals surface area contributed by atoms with E-state index in [2.05, 4.69) is 5.32 Å². The van der Waals surface area contributed by atoms with E-state index in [0.29, 0.717) is 6.54 Å². The minimum absolute atomic E-state index is 0.0343. The van der Waals surface area contributed by atoms with E-state index < -0.39 is 30.6 Å². The van der Waals surface area contributed by atoms with E-state index in [-0.39, 0.29) is 13.2 Å². The molecule has 0 saturated carbocycles. The summed E-state index contributed by atoms with van der Waals surface area (Å²) in [4.78, 5) is 0. The molecule has 1 aliphatic rings. The third-order valence-electron chi connectivity index (χ3n) is 2.40. The van der Waals surface area contributed by atoms with Crippen LogP contribution in [0.1, 0.15) is 0 Å². The highest BCUT2D eigenvalue weighted by atomic mass is 16.6. The predicted molar refractivity (Wildman–Crippen MR) is 50.8 cm³/mol. The monoisotopic (exact) mass is 222 g/mol. The number of hydrogen-bond acceptors (Lipinski definition) is 7. The molecule has 1 rings (SSSR count).